The fourth-order valence-electron chi connectivity index (χ4n) is 1.38. The molecule has 84 valence electrons. The van der Waals surface area contributed by atoms with Crippen molar-refractivity contribution in [2.45, 2.75) is 45.6 Å². The maximum absolute atomic E-state index is 11.3. The highest BCUT2D eigenvalue weighted by Gasteiger charge is 2.01. The molecule has 1 aromatic heterocycles. The van der Waals surface area contributed by atoms with Crippen LogP contribution in [-0.2, 0) is 11.3 Å². The zero-order valence-electron chi connectivity index (χ0n) is 9.25. The standard InChI is InChI=1S/C11H19N3O/c1-2-3-4-5-6-11(15)14-9-10-12-7-8-13-10/h7-8H,2-6,9H2,1H3,(H,12,13)(H,14,15). The second-order valence-electron chi connectivity index (χ2n) is 3.62. The first kappa shape index (κ1) is 11.8. The molecular weight excluding hydrogens is 190 g/mol. The molecule has 1 rings (SSSR count). The predicted molar refractivity (Wildman–Crippen MR) is 59.2 cm³/mol. The van der Waals surface area contributed by atoms with Crippen LogP contribution in [0.2, 0.25) is 0 Å². The number of aromatic nitrogens is 2. The number of carbonyl (C=O) groups excluding carboxylic acids is 1. The molecule has 0 fully saturated rings. The van der Waals surface area contributed by atoms with Gasteiger partial charge in [0, 0.05) is 18.8 Å². The van der Waals surface area contributed by atoms with Gasteiger partial charge in [0.15, 0.2) is 0 Å². The van der Waals surface area contributed by atoms with Gasteiger partial charge in [-0.25, -0.2) is 4.98 Å². The van der Waals surface area contributed by atoms with E-state index in [1.54, 1.807) is 12.4 Å². The number of aromatic amines is 1. The summed E-state index contributed by atoms with van der Waals surface area (Å²) in [6, 6.07) is 0. The zero-order chi connectivity index (χ0) is 10.9. The summed E-state index contributed by atoms with van der Waals surface area (Å²) in [5.41, 5.74) is 0. The Bertz CT molecular complexity index is 269. The van der Waals surface area contributed by atoms with Crippen molar-refractivity contribution in [3.05, 3.63) is 18.2 Å². The molecule has 0 aliphatic heterocycles. The molecule has 15 heavy (non-hydrogen) atoms. The molecule has 2 N–H and O–H groups in total. The number of rotatable bonds is 7. The van der Waals surface area contributed by atoms with E-state index in [9.17, 15) is 4.79 Å². The SMILES string of the molecule is CCCCCCC(=O)NCc1ncc[nH]1. The average Bonchev–Trinajstić information content (AvgIpc) is 2.74. The van der Waals surface area contributed by atoms with Gasteiger partial charge in [-0.3, -0.25) is 4.79 Å². The molecule has 0 aromatic carbocycles. The van der Waals surface area contributed by atoms with Gasteiger partial charge in [-0.2, -0.15) is 0 Å². The van der Waals surface area contributed by atoms with Crippen molar-refractivity contribution in [2.24, 2.45) is 0 Å². The number of nitrogens with one attached hydrogen (secondary N) is 2. The van der Waals surface area contributed by atoms with Crippen molar-refractivity contribution in [1.82, 2.24) is 15.3 Å². The Labute approximate surface area is 90.5 Å². The summed E-state index contributed by atoms with van der Waals surface area (Å²) >= 11 is 0. The van der Waals surface area contributed by atoms with Crippen LogP contribution >= 0.6 is 0 Å². The first-order valence-electron chi connectivity index (χ1n) is 5.58. The lowest BCUT2D eigenvalue weighted by Crippen LogP contribution is -2.22. The number of hydrogen-bond acceptors (Lipinski definition) is 2. The molecule has 4 heteroatoms. The second-order valence-corrected chi connectivity index (χ2v) is 3.62. The Kier molecular flexibility index (Phi) is 5.51. The van der Waals surface area contributed by atoms with E-state index < -0.39 is 0 Å². The fraction of sp³-hybridized carbons (Fsp3) is 0.636. The summed E-state index contributed by atoms with van der Waals surface area (Å²) in [4.78, 5) is 18.3. The molecule has 0 radical (unpaired) electrons. The van der Waals surface area contributed by atoms with E-state index in [4.69, 9.17) is 0 Å². The topological polar surface area (TPSA) is 57.8 Å². The van der Waals surface area contributed by atoms with E-state index in [-0.39, 0.29) is 5.91 Å². The van der Waals surface area contributed by atoms with E-state index in [1.165, 1.54) is 12.8 Å². The van der Waals surface area contributed by atoms with E-state index >= 15 is 0 Å². The van der Waals surface area contributed by atoms with Gasteiger partial charge in [0.05, 0.1) is 6.54 Å². The second kappa shape index (κ2) is 7.04. The summed E-state index contributed by atoms with van der Waals surface area (Å²) < 4.78 is 0. The van der Waals surface area contributed by atoms with Crippen molar-refractivity contribution in [3.8, 4) is 0 Å². The Morgan fingerprint density at radius 3 is 3.00 bits per heavy atom. The van der Waals surface area contributed by atoms with Crippen LogP contribution in [-0.4, -0.2) is 15.9 Å². The van der Waals surface area contributed by atoms with Crippen LogP contribution in [0.5, 0.6) is 0 Å². The van der Waals surface area contributed by atoms with Crippen LogP contribution in [0, 0.1) is 0 Å². The smallest absolute Gasteiger partial charge is 0.220 e. The van der Waals surface area contributed by atoms with Crippen molar-refractivity contribution in [1.29, 1.82) is 0 Å². The minimum absolute atomic E-state index is 0.113. The lowest BCUT2D eigenvalue weighted by Gasteiger charge is -2.02. The quantitative estimate of drug-likeness (QED) is 0.675. The van der Waals surface area contributed by atoms with Gasteiger partial charge in [0.25, 0.3) is 0 Å². The van der Waals surface area contributed by atoms with Crippen LogP contribution in [0.15, 0.2) is 12.4 Å². The highest BCUT2D eigenvalue weighted by molar-refractivity contribution is 5.75. The van der Waals surface area contributed by atoms with Gasteiger partial charge < -0.3 is 10.3 Å². The van der Waals surface area contributed by atoms with Crippen molar-refractivity contribution >= 4 is 5.91 Å². The Balaban J connectivity index is 2.04. The zero-order valence-corrected chi connectivity index (χ0v) is 9.25. The summed E-state index contributed by atoms with van der Waals surface area (Å²) in [6.45, 7) is 2.66. The van der Waals surface area contributed by atoms with Crippen LogP contribution in [0.3, 0.4) is 0 Å². The highest BCUT2D eigenvalue weighted by atomic mass is 16.1. The molecule has 0 atom stereocenters. The number of unbranched alkanes of at least 4 members (excludes halogenated alkanes) is 3. The van der Waals surface area contributed by atoms with E-state index in [0.717, 1.165) is 18.7 Å². The summed E-state index contributed by atoms with van der Waals surface area (Å²) in [5.74, 6) is 0.916. The molecule has 4 nitrogen and oxygen atoms in total. The molecule has 0 saturated heterocycles. The third-order valence-electron chi connectivity index (χ3n) is 2.27. The van der Waals surface area contributed by atoms with Crippen molar-refractivity contribution in [3.63, 3.8) is 0 Å². The first-order chi connectivity index (χ1) is 7.33. The molecule has 0 aliphatic carbocycles. The van der Waals surface area contributed by atoms with Gasteiger partial charge in [-0.15, -0.1) is 0 Å². The third-order valence-corrected chi connectivity index (χ3v) is 2.27. The largest absolute Gasteiger partial charge is 0.349 e. The Morgan fingerprint density at radius 1 is 1.47 bits per heavy atom. The third kappa shape index (κ3) is 5.20. The minimum Gasteiger partial charge on any atom is -0.349 e. The normalized spacial score (nSPS) is 10.2. The van der Waals surface area contributed by atoms with E-state index in [2.05, 4.69) is 22.2 Å². The molecule has 0 bridgehead atoms. The molecule has 1 heterocycles. The van der Waals surface area contributed by atoms with Crippen LogP contribution in [0.1, 0.15) is 44.9 Å². The molecule has 0 spiro atoms. The maximum Gasteiger partial charge on any atom is 0.220 e. The number of H-pyrrole nitrogens is 1. The van der Waals surface area contributed by atoms with Crippen molar-refractivity contribution in [2.75, 3.05) is 0 Å². The Hall–Kier alpha value is -1.32. The maximum atomic E-state index is 11.3. The number of hydrogen-bond donors (Lipinski definition) is 2. The predicted octanol–water partition coefficient (Wildman–Crippen LogP) is 2.00. The molecule has 1 amide bonds. The van der Waals surface area contributed by atoms with Crippen LogP contribution in [0.4, 0.5) is 0 Å². The van der Waals surface area contributed by atoms with Crippen molar-refractivity contribution < 1.29 is 4.79 Å². The summed E-state index contributed by atoms with van der Waals surface area (Å²) in [5, 5.41) is 2.83. The van der Waals surface area contributed by atoms with Crippen LogP contribution in [0.25, 0.3) is 0 Å². The molecule has 1 aromatic rings. The number of amides is 1. The minimum atomic E-state index is 0.113. The monoisotopic (exact) mass is 209 g/mol. The fourth-order valence-corrected chi connectivity index (χ4v) is 1.38. The van der Waals surface area contributed by atoms with Crippen LogP contribution < -0.4 is 5.32 Å². The van der Waals surface area contributed by atoms with E-state index in [1.807, 2.05) is 0 Å². The molecular formula is C11H19N3O. The molecule has 0 saturated carbocycles. The highest BCUT2D eigenvalue weighted by Crippen LogP contribution is 2.02. The van der Waals surface area contributed by atoms with Gasteiger partial charge in [-0.05, 0) is 6.42 Å². The van der Waals surface area contributed by atoms with Gasteiger partial charge >= 0.3 is 0 Å². The van der Waals surface area contributed by atoms with Gasteiger partial charge in [0.2, 0.25) is 5.91 Å². The van der Waals surface area contributed by atoms with Gasteiger partial charge in [0.1, 0.15) is 5.82 Å². The summed E-state index contributed by atoms with van der Waals surface area (Å²) in [7, 11) is 0. The number of imidazole rings is 1. The van der Waals surface area contributed by atoms with Gasteiger partial charge in [-0.1, -0.05) is 26.2 Å². The average molecular weight is 209 g/mol. The lowest BCUT2D eigenvalue weighted by atomic mass is 10.1. The first-order valence-corrected chi connectivity index (χ1v) is 5.58. The number of carbonyl (C=O) groups is 1. The number of nitrogens with zero attached hydrogens (tertiary/aromatic N) is 1. The Morgan fingerprint density at radius 2 is 2.33 bits per heavy atom. The molecule has 0 unspecified atom stereocenters. The molecule has 0 aliphatic rings. The van der Waals surface area contributed by atoms with E-state index in [0.29, 0.717) is 13.0 Å². The lowest BCUT2D eigenvalue weighted by molar-refractivity contribution is -0.121. The summed E-state index contributed by atoms with van der Waals surface area (Å²) in [6.07, 6.45) is 8.61.